The van der Waals surface area contributed by atoms with Crippen molar-refractivity contribution < 1.29 is 13.6 Å². The van der Waals surface area contributed by atoms with E-state index < -0.39 is 8.60 Å². The quantitative estimate of drug-likeness (QED) is 0.303. The summed E-state index contributed by atoms with van der Waals surface area (Å²) >= 11 is 0. The molecule has 0 amide bonds. The third-order valence-corrected chi connectivity index (χ3v) is 7.83. The van der Waals surface area contributed by atoms with Crippen LogP contribution in [0.25, 0.3) is 0 Å². The maximum absolute atomic E-state index is 6.57. The first-order chi connectivity index (χ1) is 17.0. The van der Waals surface area contributed by atoms with Crippen molar-refractivity contribution in [3.05, 3.63) is 88.0 Å². The minimum absolute atomic E-state index is 0.00315. The zero-order valence-corrected chi connectivity index (χ0v) is 25.8. The predicted molar refractivity (Wildman–Crippen MR) is 158 cm³/mol. The average molecular weight is 521 g/mol. The Labute approximate surface area is 226 Å². The van der Waals surface area contributed by atoms with Gasteiger partial charge in [-0.05, 0) is 88.6 Å². The monoisotopic (exact) mass is 520 g/mol. The van der Waals surface area contributed by atoms with Gasteiger partial charge in [-0.3, -0.25) is 0 Å². The fourth-order valence-corrected chi connectivity index (χ4v) is 6.06. The van der Waals surface area contributed by atoms with Crippen molar-refractivity contribution >= 4 is 8.60 Å². The Morgan fingerprint density at radius 2 is 0.676 bits per heavy atom. The highest BCUT2D eigenvalue weighted by atomic mass is 31.2. The molecule has 3 aromatic carbocycles. The summed E-state index contributed by atoms with van der Waals surface area (Å²) in [4.78, 5) is 0. The highest BCUT2D eigenvalue weighted by molar-refractivity contribution is 7.43. The maximum atomic E-state index is 6.57. The standard InChI is InChI=1S/C33H45O3P/c1-22-25(31(4,5)6)16-13-19-28(22)34-37(35-29-20-14-17-26(23(29)2)32(7,8)9)36-30-21-15-18-27(24(30)3)33(10,11)12/h13-21H,1-12H3. The lowest BCUT2D eigenvalue weighted by molar-refractivity contribution is 0.382. The van der Waals surface area contributed by atoms with Crippen LogP contribution in [0.5, 0.6) is 17.2 Å². The molecule has 0 spiro atoms. The summed E-state index contributed by atoms with van der Waals surface area (Å²) in [6, 6.07) is 18.7. The third-order valence-electron chi connectivity index (χ3n) is 6.79. The Balaban J connectivity index is 2.06. The number of rotatable bonds is 6. The van der Waals surface area contributed by atoms with Gasteiger partial charge in [-0.2, -0.15) is 0 Å². The van der Waals surface area contributed by atoms with E-state index in [1.54, 1.807) is 0 Å². The van der Waals surface area contributed by atoms with Crippen LogP contribution in [0, 0.1) is 20.8 Å². The van der Waals surface area contributed by atoms with Crippen molar-refractivity contribution in [1.82, 2.24) is 0 Å². The van der Waals surface area contributed by atoms with Gasteiger partial charge in [0.25, 0.3) is 0 Å². The molecule has 0 saturated heterocycles. The largest absolute Gasteiger partial charge is 0.530 e. The van der Waals surface area contributed by atoms with Gasteiger partial charge < -0.3 is 13.6 Å². The highest BCUT2D eigenvalue weighted by Gasteiger charge is 2.28. The van der Waals surface area contributed by atoms with Crippen molar-refractivity contribution in [2.45, 2.75) is 99.3 Å². The van der Waals surface area contributed by atoms with Gasteiger partial charge in [0.2, 0.25) is 0 Å². The van der Waals surface area contributed by atoms with Gasteiger partial charge in [0.15, 0.2) is 0 Å². The minimum atomic E-state index is -1.78. The van der Waals surface area contributed by atoms with Crippen molar-refractivity contribution in [3.8, 4) is 17.2 Å². The summed E-state index contributed by atoms with van der Waals surface area (Å²) in [7, 11) is -1.78. The molecule has 0 atom stereocenters. The molecule has 37 heavy (non-hydrogen) atoms. The van der Waals surface area contributed by atoms with Crippen molar-refractivity contribution in [2.75, 3.05) is 0 Å². The Kier molecular flexibility index (Phi) is 8.40. The van der Waals surface area contributed by atoms with Crippen molar-refractivity contribution in [3.63, 3.8) is 0 Å². The summed E-state index contributed by atoms with van der Waals surface area (Å²) in [6.45, 7) is 26.3. The zero-order chi connectivity index (χ0) is 27.8. The SMILES string of the molecule is Cc1c(OP(Oc2cccc(C(C)(C)C)c2C)Oc2cccc(C(C)(C)C)c2C)cccc1C(C)(C)C. The maximum Gasteiger partial charge on any atom is 0.530 e. The van der Waals surface area contributed by atoms with Crippen LogP contribution in [0.15, 0.2) is 54.6 Å². The summed E-state index contributed by atoms with van der Waals surface area (Å²) in [5.74, 6) is 2.35. The topological polar surface area (TPSA) is 27.7 Å². The van der Waals surface area contributed by atoms with Crippen LogP contribution in [0.3, 0.4) is 0 Å². The van der Waals surface area contributed by atoms with E-state index in [0.717, 1.165) is 33.9 Å². The predicted octanol–water partition coefficient (Wildman–Crippen LogP) is 10.3. The Morgan fingerprint density at radius 1 is 0.432 bits per heavy atom. The first-order valence-electron chi connectivity index (χ1n) is 13.1. The molecule has 0 aliphatic heterocycles. The molecule has 3 nitrogen and oxygen atoms in total. The molecule has 0 aromatic heterocycles. The molecule has 0 saturated carbocycles. The summed E-state index contributed by atoms with van der Waals surface area (Å²) in [5, 5.41) is 0. The molecule has 0 N–H and O–H groups in total. The normalized spacial score (nSPS) is 12.6. The van der Waals surface area contributed by atoms with E-state index in [4.69, 9.17) is 13.6 Å². The second-order valence-electron chi connectivity index (χ2n) is 13.0. The van der Waals surface area contributed by atoms with E-state index in [2.05, 4.69) is 101 Å². The fraction of sp³-hybridized carbons (Fsp3) is 0.455. The molecule has 200 valence electrons. The Morgan fingerprint density at radius 3 is 0.892 bits per heavy atom. The number of hydrogen-bond acceptors (Lipinski definition) is 3. The molecule has 4 heteroatoms. The van der Waals surface area contributed by atoms with Crippen LogP contribution >= 0.6 is 8.60 Å². The molecule has 0 unspecified atom stereocenters. The van der Waals surface area contributed by atoms with Gasteiger partial charge in [0.05, 0.1) is 0 Å². The lowest BCUT2D eigenvalue weighted by Gasteiger charge is -2.27. The first kappa shape index (κ1) is 29.1. The molecule has 0 bridgehead atoms. The van der Waals surface area contributed by atoms with Crippen LogP contribution in [-0.2, 0) is 16.2 Å². The molecule has 3 rings (SSSR count). The highest BCUT2D eigenvalue weighted by Crippen LogP contribution is 2.47. The average Bonchev–Trinajstić information content (AvgIpc) is 2.75. The third kappa shape index (κ3) is 6.88. The van der Waals surface area contributed by atoms with Gasteiger partial charge in [0, 0.05) is 0 Å². The van der Waals surface area contributed by atoms with E-state index in [1.165, 1.54) is 16.7 Å². The van der Waals surface area contributed by atoms with Gasteiger partial charge >= 0.3 is 8.60 Å². The lowest BCUT2D eigenvalue weighted by atomic mass is 9.84. The van der Waals surface area contributed by atoms with E-state index in [-0.39, 0.29) is 16.2 Å². The second kappa shape index (κ2) is 10.7. The van der Waals surface area contributed by atoms with Crippen LogP contribution < -0.4 is 13.6 Å². The summed E-state index contributed by atoms with van der Waals surface area (Å²) in [6.07, 6.45) is 0. The number of hydrogen-bond donors (Lipinski definition) is 0. The zero-order valence-electron chi connectivity index (χ0n) is 24.9. The van der Waals surface area contributed by atoms with Gasteiger partial charge in [0.1, 0.15) is 17.2 Å². The summed E-state index contributed by atoms with van der Waals surface area (Å²) < 4.78 is 19.7. The smallest absolute Gasteiger partial charge is 0.408 e. The van der Waals surface area contributed by atoms with Crippen molar-refractivity contribution in [1.29, 1.82) is 0 Å². The Bertz CT molecular complexity index is 1080. The molecular formula is C33H45O3P. The minimum Gasteiger partial charge on any atom is -0.408 e. The second-order valence-corrected chi connectivity index (χ2v) is 14.0. The van der Waals surface area contributed by atoms with E-state index in [9.17, 15) is 0 Å². The van der Waals surface area contributed by atoms with Gasteiger partial charge in [-0.15, -0.1) is 0 Å². The van der Waals surface area contributed by atoms with Crippen LogP contribution in [-0.4, -0.2) is 0 Å². The van der Waals surface area contributed by atoms with Gasteiger partial charge in [-0.25, -0.2) is 0 Å². The van der Waals surface area contributed by atoms with E-state index in [1.807, 2.05) is 36.4 Å². The molecule has 3 aromatic rings. The van der Waals surface area contributed by atoms with E-state index in [0.29, 0.717) is 0 Å². The van der Waals surface area contributed by atoms with Crippen molar-refractivity contribution in [2.24, 2.45) is 0 Å². The molecular weight excluding hydrogens is 475 g/mol. The van der Waals surface area contributed by atoms with Crippen LogP contribution in [0.2, 0.25) is 0 Å². The van der Waals surface area contributed by atoms with Crippen LogP contribution in [0.1, 0.15) is 95.7 Å². The first-order valence-corrected chi connectivity index (χ1v) is 14.2. The van der Waals surface area contributed by atoms with Crippen LogP contribution in [0.4, 0.5) is 0 Å². The fourth-order valence-electron chi connectivity index (χ4n) is 4.87. The molecule has 0 aliphatic rings. The molecule has 0 radical (unpaired) electrons. The Hall–Kier alpha value is -2.51. The summed E-state index contributed by atoms with van der Waals surface area (Å²) in [5.41, 5.74) is 7.07. The van der Waals surface area contributed by atoms with E-state index >= 15 is 0 Å². The molecule has 0 heterocycles. The lowest BCUT2D eigenvalue weighted by Crippen LogP contribution is -2.15. The molecule has 0 fully saturated rings. The molecule has 0 aliphatic carbocycles. The number of benzene rings is 3. The van der Waals surface area contributed by atoms with Gasteiger partial charge in [-0.1, -0.05) is 98.7 Å².